The van der Waals surface area contributed by atoms with E-state index in [1.165, 1.54) is 28.9 Å². The summed E-state index contributed by atoms with van der Waals surface area (Å²) in [5.74, 6) is 3.21. The number of hydrogen-bond donors (Lipinski definition) is 3. The number of hydrogen-bond acceptors (Lipinski definition) is 13. The van der Waals surface area contributed by atoms with Crippen molar-refractivity contribution < 1.29 is 23.9 Å². The maximum atomic E-state index is 10.9. The molecule has 1 aliphatic heterocycles. The number of nitrogens with zero attached hydrogens (tertiary/aromatic N) is 8. The molecular formula is C102H93BBr6ClN11O7. The first-order valence-corrected chi connectivity index (χ1v) is 46.1. The van der Waals surface area contributed by atoms with E-state index in [1.54, 1.807) is 42.5 Å². The molecule has 18 rings (SSSR count). The lowest BCUT2D eigenvalue weighted by atomic mass is 9.79. The normalized spacial score (nSPS) is 12.0. The molecule has 1 saturated heterocycles. The standard InChI is InChI=1S/C21H25BN2O2.C21H19N3.C15H13BrN2.C13H10BrNO2.C13H12BrN.C7H4BrClO.C6H3Br2NO2.C6H7N/c1-6-19-23-17-14-15(22-25-20(2,3)21(4,5)26-22)12-13-18(17)24(19)16-10-8-7-9-11-16;1-2-21-23-19-14-15(17-10-6-7-11-18(17)22)12-13-20(19)24(21)16-8-4-3-5-9-16;1-2-15-17-13-10-11(16)8-9-14(13)18(15)12-6-4-3-5-7-12;14-12-7-6-11(13(9-12)15(16)17)8-10-4-2-1-3-5-10;14-12-7-6-11(13(15)9-12)8-10-4-2-1-3-5-10;8-6-3-1-5(2-4-6)7(9)10;7-4-1-2-5(8)6(3-4)9(10)11;7-6-4-2-1-3-5-6/h7-14H,6H2,1-5H3;3-14H,2,22H2,1H3;3-10H,2H2,1H3;1-7,9H,8H2;1-7,9H,8,15H2;1-4H;1-3H;1-5H,7H2. The van der Waals surface area contributed by atoms with Crippen LogP contribution >= 0.6 is 107 Å². The van der Waals surface area contributed by atoms with Crippen LogP contribution in [0.2, 0.25) is 0 Å². The van der Waals surface area contributed by atoms with Crippen LogP contribution < -0.4 is 22.7 Å². The Hall–Kier alpha value is -11.5. The Balaban J connectivity index is 0.000000146. The van der Waals surface area contributed by atoms with Gasteiger partial charge in [-0.2, -0.15) is 0 Å². The predicted molar refractivity (Wildman–Crippen MR) is 546 cm³/mol. The third-order valence-corrected chi connectivity index (χ3v) is 24.1. The summed E-state index contributed by atoms with van der Waals surface area (Å²) < 4.78 is 24.0. The molecule has 0 atom stereocenters. The summed E-state index contributed by atoms with van der Waals surface area (Å²) in [6.07, 6.45) is 4.13. The van der Waals surface area contributed by atoms with Crippen LogP contribution in [0.25, 0.3) is 61.3 Å². The van der Waals surface area contributed by atoms with E-state index in [0.717, 1.165) is 150 Å². The van der Waals surface area contributed by atoms with E-state index < -0.39 is 10.2 Å². The van der Waals surface area contributed by atoms with Gasteiger partial charge in [0.15, 0.2) is 0 Å². The van der Waals surface area contributed by atoms with Crippen molar-refractivity contribution in [1.29, 1.82) is 0 Å². The molecule has 6 N–H and O–H groups in total. The molecular weight excluding hydrogens is 2020 g/mol. The van der Waals surface area contributed by atoms with Crippen molar-refractivity contribution in [2.45, 2.75) is 91.8 Å². The second kappa shape index (κ2) is 46.5. The highest BCUT2D eigenvalue weighted by atomic mass is 79.9. The molecule has 17 aromatic rings. The van der Waals surface area contributed by atoms with Gasteiger partial charge >= 0.3 is 7.12 Å². The van der Waals surface area contributed by atoms with Crippen LogP contribution in [-0.4, -0.2) is 62.1 Å². The molecule has 0 radical (unpaired) electrons. The Kier molecular flexibility index (Phi) is 35.3. The number of aryl methyl sites for hydroxylation is 3. The highest BCUT2D eigenvalue weighted by Crippen LogP contribution is 2.38. The molecule has 14 aromatic carbocycles. The first-order chi connectivity index (χ1) is 61.5. The van der Waals surface area contributed by atoms with Crippen LogP contribution in [0, 0.1) is 20.2 Å². The number of halogens is 7. The van der Waals surface area contributed by atoms with E-state index in [-0.39, 0.29) is 34.6 Å². The predicted octanol–water partition coefficient (Wildman–Crippen LogP) is 27.9. The molecule has 18 nitrogen and oxygen atoms in total. The van der Waals surface area contributed by atoms with Crippen LogP contribution in [-0.2, 0) is 41.4 Å². The number of nitrogen functional groups attached to an aromatic ring is 3. The summed E-state index contributed by atoms with van der Waals surface area (Å²) >= 11 is 24.8. The Morgan fingerprint density at radius 1 is 0.398 bits per heavy atom. The largest absolute Gasteiger partial charge is 0.494 e. The van der Waals surface area contributed by atoms with E-state index in [4.69, 9.17) is 53.1 Å². The lowest BCUT2D eigenvalue weighted by Crippen LogP contribution is -2.41. The monoisotopic (exact) mass is 2100 g/mol. The highest BCUT2D eigenvalue weighted by molar-refractivity contribution is 9.11. The zero-order valence-electron chi connectivity index (χ0n) is 71.3. The number of fused-ring (bicyclic) bond motifs is 3. The van der Waals surface area contributed by atoms with E-state index in [0.29, 0.717) is 20.9 Å². The minimum absolute atomic E-state index is 0.0689. The SMILES string of the molecule is CCc1nc2cc(-c3ccccc3N)ccc2n1-c1ccccc1.CCc1nc2cc(B3OC(C)(C)C(C)(C)O3)ccc2n1-c1ccccc1.CCc1nc2cc(Br)ccc2n1-c1ccccc1.Nc1cc(Br)ccc1Cc1ccccc1.Nc1ccccc1.O=C(Cl)c1ccc(Br)cc1.O=[N+]([O-])c1cc(Br)ccc1Br.O=[N+]([O-])c1cc(Br)ccc1Cc1ccccc1. The number of aromatic nitrogens is 6. The minimum Gasteiger partial charge on any atom is -0.399 e. The van der Waals surface area contributed by atoms with Crippen LogP contribution in [0.5, 0.6) is 0 Å². The molecule has 0 saturated carbocycles. The van der Waals surface area contributed by atoms with E-state index >= 15 is 0 Å². The summed E-state index contributed by atoms with van der Waals surface area (Å²) in [6, 6.07) is 110. The highest BCUT2D eigenvalue weighted by Gasteiger charge is 2.52. The van der Waals surface area contributed by atoms with Gasteiger partial charge in [0.05, 0.1) is 58.6 Å². The molecule has 0 amide bonds. The number of rotatable bonds is 15. The fraction of sp³-hybridized carbons (Fsp3) is 0.137. The van der Waals surface area contributed by atoms with Crippen molar-refractivity contribution in [1.82, 2.24) is 28.7 Å². The Labute approximate surface area is 801 Å². The quantitative estimate of drug-likeness (QED) is 0.0284. The third-order valence-electron chi connectivity index (χ3n) is 20.7. The fourth-order valence-electron chi connectivity index (χ4n) is 13.6. The molecule has 26 heteroatoms. The van der Waals surface area contributed by atoms with Gasteiger partial charge in [-0.15, -0.1) is 0 Å². The van der Waals surface area contributed by atoms with E-state index in [1.807, 2.05) is 140 Å². The summed E-state index contributed by atoms with van der Waals surface area (Å²) in [5.41, 5.74) is 37.2. The van der Waals surface area contributed by atoms with Gasteiger partial charge in [-0.1, -0.05) is 276 Å². The summed E-state index contributed by atoms with van der Waals surface area (Å²) in [4.78, 5) is 45.4. The first kappa shape index (κ1) is 97.1. The van der Waals surface area contributed by atoms with E-state index in [9.17, 15) is 25.0 Å². The number of anilines is 3. The van der Waals surface area contributed by atoms with Crippen LogP contribution in [0.4, 0.5) is 28.4 Å². The lowest BCUT2D eigenvalue weighted by Gasteiger charge is -2.32. The van der Waals surface area contributed by atoms with Crippen LogP contribution in [0.3, 0.4) is 0 Å². The third kappa shape index (κ3) is 26.4. The maximum Gasteiger partial charge on any atom is 0.494 e. The number of nitro groups is 2. The molecule has 1 fully saturated rings. The van der Waals surface area contributed by atoms with E-state index in [2.05, 4.69) is 303 Å². The number of carbonyl (C=O) groups excluding carboxylic acids is 1. The Morgan fingerprint density at radius 2 is 0.766 bits per heavy atom. The molecule has 1 aliphatic rings. The molecule has 0 unspecified atom stereocenters. The molecule has 4 heterocycles. The molecule has 128 heavy (non-hydrogen) atoms. The number of para-hydroxylation sites is 5. The van der Waals surface area contributed by atoms with Gasteiger partial charge in [-0.25, -0.2) is 15.0 Å². The van der Waals surface area contributed by atoms with Crippen molar-refractivity contribution in [2.24, 2.45) is 0 Å². The smallest absolute Gasteiger partial charge is 0.399 e. The van der Waals surface area contributed by atoms with Gasteiger partial charge in [0.1, 0.15) is 17.5 Å². The average molecular weight is 2110 g/mol. The van der Waals surface area contributed by atoms with Crippen molar-refractivity contribution in [2.75, 3.05) is 17.2 Å². The maximum absolute atomic E-state index is 10.9. The van der Waals surface area contributed by atoms with Crippen molar-refractivity contribution in [3.8, 4) is 28.2 Å². The summed E-state index contributed by atoms with van der Waals surface area (Å²) in [6.45, 7) is 14.7. The lowest BCUT2D eigenvalue weighted by molar-refractivity contribution is -0.385. The second-order valence-corrected chi connectivity index (χ2v) is 35.9. The topological polar surface area (TPSA) is 253 Å². The Bertz CT molecular complexity index is 6570. The molecule has 0 bridgehead atoms. The molecule has 3 aromatic heterocycles. The van der Waals surface area contributed by atoms with Crippen LogP contribution in [0.1, 0.15) is 98.6 Å². The van der Waals surface area contributed by atoms with Gasteiger partial charge < -0.3 is 26.5 Å². The van der Waals surface area contributed by atoms with Crippen molar-refractivity contribution in [3.05, 3.63) is 432 Å². The summed E-state index contributed by atoms with van der Waals surface area (Å²) in [7, 11) is -0.364. The molecule has 650 valence electrons. The number of imidazole rings is 3. The number of nitrogens with two attached hydrogens (primary N) is 3. The average Bonchev–Trinajstić information content (AvgIpc) is 1.62. The second-order valence-electron chi connectivity index (χ2n) is 30.2. The number of benzene rings is 14. The van der Waals surface area contributed by atoms with Crippen molar-refractivity contribution in [3.63, 3.8) is 0 Å². The number of carbonyl (C=O) groups is 1. The van der Waals surface area contributed by atoms with Gasteiger partial charge in [-0.05, 0) is 241 Å². The van der Waals surface area contributed by atoms with Gasteiger partial charge in [0.2, 0.25) is 0 Å². The zero-order chi connectivity index (χ0) is 91.6. The van der Waals surface area contributed by atoms with Crippen molar-refractivity contribution >= 4 is 187 Å². The molecule has 0 aliphatic carbocycles. The zero-order valence-corrected chi connectivity index (χ0v) is 81.5. The van der Waals surface area contributed by atoms with Crippen LogP contribution in [0.15, 0.2) is 367 Å². The molecule has 0 spiro atoms. The fourth-order valence-corrected chi connectivity index (χ4v) is 15.8. The summed E-state index contributed by atoms with van der Waals surface area (Å²) in [5, 5.41) is 20.9. The Morgan fingerprint density at radius 3 is 1.20 bits per heavy atom. The minimum atomic E-state index is -0.436. The van der Waals surface area contributed by atoms with Gasteiger partial charge in [0.25, 0.3) is 16.6 Å². The number of nitro benzene ring substituents is 2. The van der Waals surface area contributed by atoms with Gasteiger partial charge in [-0.3, -0.25) is 38.7 Å². The van der Waals surface area contributed by atoms with Gasteiger partial charge in [0, 0.05) is 111 Å². The first-order valence-electron chi connectivity index (χ1n) is 41.0.